The third-order valence-electron chi connectivity index (χ3n) is 2.40. The van der Waals surface area contributed by atoms with Gasteiger partial charge in [0.1, 0.15) is 6.04 Å². The lowest BCUT2D eigenvalue weighted by atomic mass is 10.3. The number of aryl methyl sites for hydroxylation is 1. The van der Waals surface area contributed by atoms with E-state index < -0.39 is 0 Å². The number of hydrogen-bond donors (Lipinski definition) is 0. The van der Waals surface area contributed by atoms with Gasteiger partial charge in [-0.25, -0.2) is 0 Å². The Hall–Kier alpha value is -0.840. The molecule has 1 heterocycles. The molecule has 4 nitrogen and oxygen atoms in total. The van der Waals surface area contributed by atoms with Gasteiger partial charge < -0.3 is 4.90 Å². The van der Waals surface area contributed by atoms with Crippen LogP contribution in [-0.4, -0.2) is 34.7 Å². The zero-order valence-corrected chi connectivity index (χ0v) is 11.3. The SMILES string of the molecule is Cc1nn(C(C)C(=O)N(C)C)c(C)c1Br. The Bertz CT molecular complexity index is 384. The van der Waals surface area contributed by atoms with E-state index in [2.05, 4.69) is 21.0 Å². The van der Waals surface area contributed by atoms with Gasteiger partial charge in [-0.15, -0.1) is 0 Å². The minimum atomic E-state index is -0.259. The first-order chi connectivity index (χ1) is 6.86. The van der Waals surface area contributed by atoms with Crippen LogP contribution in [0.15, 0.2) is 4.47 Å². The third kappa shape index (κ3) is 2.22. The van der Waals surface area contributed by atoms with E-state index in [-0.39, 0.29) is 11.9 Å². The Labute approximate surface area is 98.4 Å². The molecule has 0 N–H and O–H groups in total. The molecule has 1 amide bonds. The van der Waals surface area contributed by atoms with E-state index in [0.717, 1.165) is 15.9 Å². The molecule has 1 aromatic heterocycles. The van der Waals surface area contributed by atoms with Crippen molar-refractivity contribution in [2.24, 2.45) is 0 Å². The first-order valence-corrected chi connectivity index (χ1v) is 5.58. The molecule has 1 atom stereocenters. The Morgan fingerprint density at radius 3 is 2.33 bits per heavy atom. The van der Waals surface area contributed by atoms with Crippen molar-refractivity contribution in [3.8, 4) is 0 Å². The number of amides is 1. The third-order valence-corrected chi connectivity index (χ3v) is 3.55. The van der Waals surface area contributed by atoms with Gasteiger partial charge >= 0.3 is 0 Å². The summed E-state index contributed by atoms with van der Waals surface area (Å²) in [5, 5.41) is 4.34. The highest BCUT2D eigenvalue weighted by Gasteiger charge is 2.21. The van der Waals surface area contributed by atoms with E-state index in [1.807, 2.05) is 20.8 Å². The number of nitrogens with zero attached hydrogens (tertiary/aromatic N) is 3. The van der Waals surface area contributed by atoms with E-state index in [0.29, 0.717) is 0 Å². The lowest BCUT2D eigenvalue weighted by Crippen LogP contribution is -2.30. The first kappa shape index (κ1) is 12.2. The highest BCUT2D eigenvalue weighted by atomic mass is 79.9. The molecule has 0 fully saturated rings. The summed E-state index contributed by atoms with van der Waals surface area (Å²) in [6, 6.07) is -0.259. The number of halogens is 1. The van der Waals surface area contributed by atoms with Crippen LogP contribution in [0.5, 0.6) is 0 Å². The summed E-state index contributed by atoms with van der Waals surface area (Å²) in [6.45, 7) is 5.72. The minimum Gasteiger partial charge on any atom is -0.347 e. The molecule has 0 aliphatic heterocycles. The molecule has 0 spiro atoms. The average Bonchev–Trinajstić information content (AvgIpc) is 2.43. The number of aromatic nitrogens is 2. The van der Waals surface area contributed by atoms with Crippen LogP contribution < -0.4 is 0 Å². The quantitative estimate of drug-likeness (QED) is 0.826. The van der Waals surface area contributed by atoms with Gasteiger partial charge in [-0.1, -0.05) is 0 Å². The van der Waals surface area contributed by atoms with Gasteiger partial charge in [-0.2, -0.15) is 5.10 Å². The predicted octanol–water partition coefficient (Wildman–Crippen LogP) is 1.91. The zero-order valence-electron chi connectivity index (χ0n) is 9.71. The van der Waals surface area contributed by atoms with Gasteiger partial charge in [0.05, 0.1) is 15.9 Å². The monoisotopic (exact) mass is 273 g/mol. The Balaban J connectivity index is 3.06. The Morgan fingerprint density at radius 1 is 1.47 bits per heavy atom. The van der Waals surface area contributed by atoms with E-state index >= 15 is 0 Å². The van der Waals surface area contributed by atoms with Crippen LogP contribution in [-0.2, 0) is 4.79 Å². The van der Waals surface area contributed by atoms with Crippen molar-refractivity contribution < 1.29 is 4.79 Å². The summed E-state index contributed by atoms with van der Waals surface area (Å²) >= 11 is 3.45. The van der Waals surface area contributed by atoms with E-state index in [1.165, 1.54) is 0 Å². The molecule has 0 aliphatic carbocycles. The van der Waals surface area contributed by atoms with Gasteiger partial charge in [0.15, 0.2) is 0 Å². The molecular weight excluding hydrogens is 258 g/mol. The molecule has 0 radical (unpaired) electrons. The molecule has 0 saturated carbocycles. The highest BCUT2D eigenvalue weighted by molar-refractivity contribution is 9.10. The number of hydrogen-bond acceptors (Lipinski definition) is 2. The fourth-order valence-corrected chi connectivity index (χ4v) is 1.76. The van der Waals surface area contributed by atoms with Crippen molar-refractivity contribution in [1.29, 1.82) is 0 Å². The topological polar surface area (TPSA) is 38.1 Å². The van der Waals surface area contributed by atoms with Crippen molar-refractivity contribution >= 4 is 21.8 Å². The Morgan fingerprint density at radius 2 is 2.00 bits per heavy atom. The van der Waals surface area contributed by atoms with Gasteiger partial charge in [0.25, 0.3) is 0 Å². The zero-order chi connectivity index (χ0) is 11.7. The summed E-state index contributed by atoms with van der Waals surface area (Å²) in [4.78, 5) is 13.3. The molecule has 84 valence electrons. The van der Waals surface area contributed by atoms with Crippen molar-refractivity contribution in [1.82, 2.24) is 14.7 Å². The van der Waals surface area contributed by atoms with Crippen molar-refractivity contribution in [3.63, 3.8) is 0 Å². The normalized spacial score (nSPS) is 12.7. The van der Waals surface area contributed by atoms with Crippen molar-refractivity contribution in [3.05, 3.63) is 15.9 Å². The number of carbonyl (C=O) groups excluding carboxylic acids is 1. The van der Waals surface area contributed by atoms with Gasteiger partial charge in [-0.3, -0.25) is 9.48 Å². The van der Waals surface area contributed by atoms with E-state index in [9.17, 15) is 4.79 Å². The molecule has 0 saturated heterocycles. The molecule has 1 aromatic rings. The van der Waals surface area contributed by atoms with Crippen molar-refractivity contribution in [2.45, 2.75) is 26.8 Å². The number of likely N-dealkylation sites (N-methyl/N-ethyl adjacent to an activating group) is 1. The predicted molar refractivity (Wildman–Crippen MR) is 62.8 cm³/mol. The molecule has 0 aliphatic rings. The molecule has 15 heavy (non-hydrogen) atoms. The van der Waals surface area contributed by atoms with Crippen LogP contribution in [0.4, 0.5) is 0 Å². The van der Waals surface area contributed by atoms with Crippen LogP contribution in [0, 0.1) is 13.8 Å². The highest BCUT2D eigenvalue weighted by Crippen LogP contribution is 2.23. The van der Waals surface area contributed by atoms with Gasteiger partial charge in [-0.05, 0) is 36.7 Å². The molecule has 1 rings (SSSR count). The summed E-state index contributed by atoms with van der Waals surface area (Å²) in [6.07, 6.45) is 0. The smallest absolute Gasteiger partial charge is 0.246 e. The lowest BCUT2D eigenvalue weighted by molar-refractivity contribution is -0.132. The Kier molecular flexibility index (Phi) is 3.54. The van der Waals surface area contributed by atoms with E-state index in [1.54, 1.807) is 23.7 Å². The summed E-state index contributed by atoms with van der Waals surface area (Å²) in [5.41, 5.74) is 1.89. The van der Waals surface area contributed by atoms with Crippen LogP contribution in [0.2, 0.25) is 0 Å². The lowest BCUT2D eigenvalue weighted by Gasteiger charge is -2.18. The summed E-state index contributed by atoms with van der Waals surface area (Å²) in [5.74, 6) is 0.0492. The van der Waals surface area contributed by atoms with Crippen LogP contribution in [0.1, 0.15) is 24.4 Å². The maximum Gasteiger partial charge on any atom is 0.246 e. The average molecular weight is 274 g/mol. The van der Waals surface area contributed by atoms with Crippen LogP contribution >= 0.6 is 15.9 Å². The molecule has 5 heteroatoms. The summed E-state index contributed by atoms with van der Waals surface area (Å²) < 4.78 is 2.72. The second kappa shape index (κ2) is 4.35. The fourth-order valence-electron chi connectivity index (χ4n) is 1.50. The molecule has 0 bridgehead atoms. The largest absolute Gasteiger partial charge is 0.347 e. The standard InChI is InChI=1S/C10H16BrN3O/c1-6-9(11)7(2)14(12-6)8(3)10(15)13(4)5/h8H,1-5H3. The van der Waals surface area contributed by atoms with Crippen LogP contribution in [0.25, 0.3) is 0 Å². The maximum absolute atomic E-state index is 11.8. The molecule has 0 aromatic carbocycles. The fraction of sp³-hybridized carbons (Fsp3) is 0.600. The summed E-state index contributed by atoms with van der Waals surface area (Å²) in [7, 11) is 3.50. The molecule has 1 unspecified atom stereocenters. The molecular formula is C10H16BrN3O. The second-order valence-electron chi connectivity index (χ2n) is 3.84. The van der Waals surface area contributed by atoms with Crippen LogP contribution in [0.3, 0.4) is 0 Å². The number of carbonyl (C=O) groups is 1. The second-order valence-corrected chi connectivity index (χ2v) is 4.63. The number of rotatable bonds is 2. The van der Waals surface area contributed by atoms with Gasteiger partial charge in [0.2, 0.25) is 5.91 Å². The maximum atomic E-state index is 11.8. The van der Waals surface area contributed by atoms with E-state index in [4.69, 9.17) is 0 Å². The van der Waals surface area contributed by atoms with Crippen molar-refractivity contribution in [2.75, 3.05) is 14.1 Å². The first-order valence-electron chi connectivity index (χ1n) is 4.78. The minimum absolute atomic E-state index is 0.0492. The van der Waals surface area contributed by atoms with Gasteiger partial charge in [0, 0.05) is 14.1 Å².